The molecule has 0 bridgehead atoms. The molecule has 8 heteroatoms. The van der Waals surface area contributed by atoms with Crippen LogP contribution in [0, 0.1) is 5.92 Å². The van der Waals surface area contributed by atoms with Crippen LogP contribution in [0.4, 0.5) is 0 Å². The van der Waals surface area contributed by atoms with Gasteiger partial charge in [-0.3, -0.25) is 4.79 Å². The first kappa shape index (κ1) is 30.2. The summed E-state index contributed by atoms with van der Waals surface area (Å²) in [6, 6.07) is 22.8. The number of nitrogens with zero attached hydrogens (tertiary/aromatic N) is 1. The van der Waals surface area contributed by atoms with Crippen LogP contribution in [0.2, 0.25) is 0 Å². The van der Waals surface area contributed by atoms with Crippen LogP contribution in [-0.2, 0) is 4.74 Å². The van der Waals surface area contributed by atoms with Gasteiger partial charge in [0.2, 0.25) is 0 Å². The first-order valence-electron chi connectivity index (χ1n) is 14.3. The number of carbonyl (C=O) groups is 1. The zero-order chi connectivity index (χ0) is 29.0. The molecule has 1 amide bonds. The van der Waals surface area contributed by atoms with Gasteiger partial charge < -0.3 is 33.9 Å². The Kier molecular flexibility index (Phi) is 11.3. The van der Waals surface area contributed by atoms with Crippen molar-refractivity contribution in [3.63, 3.8) is 0 Å². The summed E-state index contributed by atoms with van der Waals surface area (Å²) in [4.78, 5) is 15.8. The van der Waals surface area contributed by atoms with Gasteiger partial charge in [0.05, 0.1) is 20.3 Å². The monoisotopic (exact) mass is 562 g/mol. The van der Waals surface area contributed by atoms with Crippen molar-refractivity contribution in [3.8, 4) is 28.7 Å². The zero-order valence-corrected chi connectivity index (χ0v) is 24.5. The Labute approximate surface area is 243 Å². The summed E-state index contributed by atoms with van der Waals surface area (Å²) in [6.45, 7) is 7.31. The Balaban J connectivity index is 1.39. The van der Waals surface area contributed by atoms with Crippen LogP contribution in [0.15, 0.2) is 72.8 Å². The van der Waals surface area contributed by atoms with Crippen LogP contribution in [0.25, 0.3) is 0 Å². The third kappa shape index (κ3) is 8.62. The van der Waals surface area contributed by atoms with Crippen LogP contribution in [-0.4, -0.2) is 70.0 Å². The second-order valence-corrected chi connectivity index (χ2v) is 10.5. The molecule has 1 fully saturated rings. The number of carbonyl (C=O) groups excluding carboxylic acids is 1. The SMILES string of the molecule is COCCCOc1cc(C(=O)N(C(C)C)[C@H]2CNC[C@@H](COc3cccc(Oc4ccccc4)c3)C2)ccc1OC. The molecule has 0 unspecified atom stereocenters. The Bertz CT molecular complexity index is 1240. The smallest absolute Gasteiger partial charge is 0.254 e. The number of hydrogen-bond donors (Lipinski definition) is 1. The maximum Gasteiger partial charge on any atom is 0.254 e. The first-order valence-corrected chi connectivity index (χ1v) is 14.3. The van der Waals surface area contributed by atoms with E-state index in [0.29, 0.717) is 36.9 Å². The third-order valence-electron chi connectivity index (χ3n) is 7.03. The lowest BCUT2D eigenvalue weighted by Gasteiger charge is -2.40. The third-order valence-corrected chi connectivity index (χ3v) is 7.03. The van der Waals surface area contributed by atoms with E-state index in [1.807, 2.05) is 59.5 Å². The fourth-order valence-electron chi connectivity index (χ4n) is 5.09. The van der Waals surface area contributed by atoms with Gasteiger partial charge in [-0.25, -0.2) is 0 Å². The summed E-state index contributed by atoms with van der Waals surface area (Å²) in [6.07, 6.45) is 1.59. The van der Waals surface area contributed by atoms with E-state index < -0.39 is 0 Å². The molecule has 220 valence electrons. The molecule has 1 heterocycles. The van der Waals surface area contributed by atoms with Crippen LogP contribution >= 0.6 is 0 Å². The molecule has 0 aromatic heterocycles. The van der Waals surface area contributed by atoms with Crippen molar-refractivity contribution in [3.05, 3.63) is 78.4 Å². The molecule has 41 heavy (non-hydrogen) atoms. The van der Waals surface area contributed by atoms with Gasteiger partial charge in [0.1, 0.15) is 17.2 Å². The Morgan fingerprint density at radius 3 is 2.41 bits per heavy atom. The predicted molar refractivity (Wildman–Crippen MR) is 160 cm³/mol. The molecule has 1 N–H and O–H groups in total. The van der Waals surface area contributed by atoms with E-state index in [9.17, 15) is 4.79 Å². The minimum absolute atomic E-state index is 0.0222. The number of nitrogens with one attached hydrogen (secondary N) is 1. The summed E-state index contributed by atoms with van der Waals surface area (Å²) in [7, 11) is 3.26. The number of hydrogen-bond acceptors (Lipinski definition) is 7. The van der Waals surface area contributed by atoms with E-state index in [0.717, 1.165) is 43.2 Å². The number of rotatable bonds is 14. The van der Waals surface area contributed by atoms with E-state index in [2.05, 4.69) is 19.2 Å². The van der Waals surface area contributed by atoms with Gasteiger partial charge in [-0.1, -0.05) is 24.3 Å². The molecule has 2 atom stereocenters. The van der Waals surface area contributed by atoms with Crippen molar-refractivity contribution in [2.45, 2.75) is 38.8 Å². The highest BCUT2D eigenvalue weighted by molar-refractivity contribution is 5.95. The summed E-state index contributed by atoms with van der Waals surface area (Å²) >= 11 is 0. The molecule has 1 aliphatic rings. The molecule has 8 nitrogen and oxygen atoms in total. The minimum Gasteiger partial charge on any atom is -0.493 e. The van der Waals surface area contributed by atoms with E-state index >= 15 is 0 Å². The lowest BCUT2D eigenvalue weighted by molar-refractivity contribution is 0.0509. The van der Waals surface area contributed by atoms with E-state index in [4.69, 9.17) is 23.7 Å². The number of piperidine rings is 1. The van der Waals surface area contributed by atoms with Crippen LogP contribution in [0.3, 0.4) is 0 Å². The molecule has 0 aliphatic carbocycles. The predicted octanol–water partition coefficient (Wildman–Crippen LogP) is 5.81. The lowest BCUT2D eigenvalue weighted by atomic mass is 9.94. The quantitative estimate of drug-likeness (QED) is 0.249. The summed E-state index contributed by atoms with van der Waals surface area (Å²) in [5.74, 6) is 3.65. The second kappa shape index (κ2) is 15.3. The second-order valence-electron chi connectivity index (χ2n) is 10.5. The van der Waals surface area contributed by atoms with Gasteiger partial charge in [-0.2, -0.15) is 0 Å². The first-order chi connectivity index (χ1) is 20.0. The molecule has 4 rings (SSSR count). The van der Waals surface area contributed by atoms with Crippen molar-refractivity contribution in [1.82, 2.24) is 10.2 Å². The van der Waals surface area contributed by atoms with E-state index in [1.165, 1.54) is 0 Å². The fourth-order valence-corrected chi connectivity index (χ4v) is 5.09. The molecule has 3 aromatic rings. The Morgan fingerprint density at radius 1 is 0.878 bits per heavy atom. The number of methoxy groups -OCH3 is 2. The van der Waals surface area contributed by atoms with E-state index in [1.54, 1.807) is 32.4 Å². The van der Waals surface area contributed by atoms with Crippen LogP contribution < -0.4 is 24.3 Å². The maximum atomic E-state index is 13.8. The largest absolute Gasteiger partial charge is 0.493 e. The highest BCUT2D eigenvalue weighted by atomic mass is 16.5. The number of amides is 1. The van der Waals surface area contributed by atoms with Gasteiger partial charge in [0.25, 0.3) is 5.91 Å². The number of ether oxygens (including phenoxy) is 5. The maximum absolute atomic E-state index is 13.8. The lowest BCUT2D eigenvalue weighted by Crippen LogP contribution is -2.54. The summed E-state index contributed by atoms with van der Waals surface area (Å²) < 4.78 is 28.6. The molecule has 1 aliphatic heterocycles. The molecule has 1 saturated heterocycles. The number of benzene rings is 3. The van der Waals surface area contributed by atoms with Crippen molar-refractivity contribution < 1.29 is 28.5 Å². The average Bonchev–Trinajstić information content (AvgIpc) is 2.99. The van der Waals surface area contributed by atoms with Crippen LogP contribution in [0.1, 0.15) is 37.0 Å². The van der Waals surface area contributed by atoms with Crippen molar-refractivity contribution >= 4 is 5.91 Å². The van der Waals surface area contributed by atoms with Crippen molar-refractivity contribution in [2.24, 2.45) is 5.92 Å². The van der Waals surface area contributed by atoms with Gasteiger partial charge in [-0.05, 0) is 62.7 Å². The van der Waals surface area contributed by atoms with Crippen molar-refractivity contribution in [1.29, 1.82) is 0 Å². The molecule has 3 aromatic carbocycles. The van der Waals surface area contributed by atoms with Gasteiger partial charge >= 0.3 is 0 Å². The molecule has 0 radical (unpaired) electrons. The van der Waals surface area contributed by atoms with Crippen molar-refractivity contribution in [2.75, 3.05) is 47.1 Å². The highest BCUT2D eigenvalue weighted by Crippen LogP contribution is 2.31. The Morgan fingerprint density at radius 2 is 1.66 bits per heavy atom. The average molecular weight is 563 g/mol. The standard InChI is InChI=1S/C33H42N2O6/c1-24(2)35(33(36)26-14-15-31(38-4)32(19-26)39-17-9-16-37-3)27-18-25(21-34-22-27)23-40-29-12-8-13-30(20-29)41-28-10-6-5-7-11-28/h5-8,10-15,19-20,24-25,27,34H,9,16-18,21-23H2,1-4H3/t25-,27+/m0/s1. The topological polar surface area (TPSA) is 78.5 Å². The fraction of sp³-hybridized carbons (Fsp3) is 0.424. The zero-order valence-electron chi connectivity index (χ0n) is 24.5. The van der Waals surface area contributed by atoms with Crippen LogP contribution in [0.5, 0.6) is 28.7 Å². The normalized spacial score (nSPS) is 16.7. The Hall–Kier alpha value is -3.75. The molecular weight excluding hydrogens is 520 g/mol. The minimum atomic E-state index is -0.0245. The van der Waals surface area contributed by atoms with Gasteiger partial charge in [0, 0.05) is 62.9 Å². The van der Waals surface area contributed by atoms with Gasteiger partial charge in [-0.15, -0.1) is 0 Å². The highest BCUT2D eigenvalue weighted by Gasteiger charge is 2.32. The molecular formula is C33H42N2O6. The van der Waals surface area contributed by atoms with Gasteiger partial charge in [0.15, 0.2) is 11.5 Å². The number of para-hydroxylation sites is 1. The molecule has 0 saturated carbocycles. The summed E-state index contributed by atoms with van der Waals surface area (Å²) in [5.41, 5.74) is 0.579. The summed E-state index contributed by atoms with van der Waals surface area (Å²) in [5, 5.41) is 3.52. The van der Waals surface area contributed by atoms with E-state index in [-0.39, 0.29) is 23.9 Å². The molecule has 0 spiro atoms.